The van der Waals surface area contributed by atoms with Crippen molar-refractivity contribution >= 4 is 0 Å². The van der Waals surface area contributed by atoms with Gasteiger partial charge in [-0.2, -0.15) is 0 Å². The number of allylic oxidation sites excluding steroid dienone is 6. The molecule has 2 heteroatoms. The van der Waals surface area contributed by atoms with E-state index in [-0.39, 0.29) is 0 Å². The van der Waals surface area contributed by atoms with Gasteiger partial charge in [0.2, 0.25) is 0 Å². The molecule has 1 heterocycles. The monoisotopic (exact) mass is 378 g/mol. The molecule has 1 aliphatic rings. The van der Waals surface area contributed by atoms with Crippen LogP contribution >= 0.6 is 0 Å². The van der Waals surface area contributed by atoms with E-state index in [1.54, 1.807) is 6.08 Å². The lowest BCUT2D eigenvalue weighted by molar-refractivity contribution is 0.202. The summed E-state index contributed by atoms with van der Waals surface area (Å²) in [6, 6.07) is 0.560. The predicted molar refractivity (Wildman–Crippen MR) is 131 cm³/mol. The van der Waals surface area contributed by atoms with Crippen LogP contribution in [0.15, 0.2) is 61.8 Å². The summed E-state index contributed by atoms with van der Waals surface area (Å²) in [5, 5.41) is 3.36. The second kappa shape index (κ2) is 35.7. The first-order chi connectivity index (χ1) is 13.2. The summed E-state index contributed by atoms with van der Waals surface area (Å²) in [6.45, 7) is 28.0. The Morgan fingerprint density at radius 2 is 1.48 bits per heavy atom. The number of hydrogen-bond acceptors (Lipinski definition) is 2. The Labute approximate surface area is 172 Å². The Morgan fingerprint density at radius 1 is 0.926 bits per heavy atom. The Balaban J connectivity index is -0.000000158. The zero-order chi connectivity index (χ0) is 21.8. The minimum absolute atomic E-state index is 0.560. The van der Waals surface area contributed by atoms with E-state index in [1.165, 1.54) is 0 Å². The second-order valence-electron chi connectivity index (χ2n) is 5.14. The minimum atomic E-state index is 0.560. The summed E-state index contributed by atoms with van der Waals surface area (Å²) in [6.07, 6.45) is 18.4. The van der Waals surface area contributed by atoms with E-state index in [4.69, 9.17) is 0 Å². The smallest absolute Gasteiger partial charge is 0.0313 e. The molecule has 0 bridgehead atoms. The van der Waals surface area contributed by atoms with Crippen molar-refractivity contribution in [3.05, 3.63) is 61.8 Å². The minimum Gasteiger partial charge on any atom is -0.314 e. The molecule has 1 atom stereocenters. The molecule has 1 saturated heterocycles. The van der Waals surface area contributed by atoms with Crippen LogP contribution in [0.1, 0.15) is 68.2 Å². The fourth-order valence-electron chi connectivity index (χ4n) is 2.13. The Hall–Kier alpha value is -1.38. The quantitative estimate of drug-likeness (QED) is 0.389. The van der Waals surface area contributed by atoms with E-state index in [9.17, 15) is 0 Å². The Kier molecular flexibility index (Phi) is 43.9. The topological polar surface area (TPSA) is 15.3 Å². The molecule has 2 nitrogen and oxygen atoms in total. The van der Waals surface area contributed by atoms with Crippen LogP contribution in [0.3, 0.4) is 0 Å². The van der Waals surface area contributed by atoms with E-state index < -0.39 is 0 Å². The third-order valence-electron chi connectivity index (χ3n) is 3.24. The van der Waals surface area contributed by atoms with Crippen LogP contribution in [0.25, 0.3) is 0 Å². The first-order valence-electron chi connectivity index (χ1n) is 10.7. The largest absolute Gasteiger partial charge is 0.314 e. The van der Waals surface area contributed by atoms with E-state index in [2.05, 4.69) is 61.5 Å². The standard InChI is InChI=1S/C11H20N2.C5H10.C5H8.2C2H6/c1-3-5-11(6-4-2)13-9-7-12-8-10-13;2*1-3-5-4-2;2*1-2/h3-4,6,11-12H,1,5,7-10H2,2H3;3,5H,4H2,1-2H3;3-5H,1H2,2H3;2*1-2H3/b6-4+;5-3-;5-4-;;. The summed E-state index contributed by atoms with van der Waals surface area (Å²) < 4.78 is 0. The van der Waals surface area contributed by atoms with Crippen molar-refractivity contribution in [2.24, 2.45) is 0 Å². The summed E-state index contributed by atoms with van der Waals surface area (Å²) >= 11 is 0. The SMILES string of the molecule is C/C=C\CC.C=C/C=C\C.C=CCC(/C=C/C)N1CCNCC1.CC.CC. The molecule has 0 radical (unpaired) electrons. The zero-order valence-electron chi connectivity index (χ0n) is 19.8. The third kappa shape index (κ3) is 29.6. The number of piperazine rings is 1. The lowest BCUT2D eigenvalue weighted by Crippen LogP contribution is -2.47. The molecule has 0 aromatic carbocycles. The van der Waals surface area contributed by atoms with Crippen molar-refractivity contribution in [1.82, 2.24) is 10.2 Å². The molecule has 0 aromatic heterocycles. The summed E-state index contributed by atoms with van der Waals surface area (Å²) in [5.74, 6) is 0. The van der Waals surface area contributed by atoms with Gasteiger partial charge in [0.25, 0.3) is 0 Å². The fraction of sp³-hybridized carbons (Fsp3) is 0.600. The molecule has 1 N–H and O–H groups in total. The maximum Gasteiger partial charge on any atom is 0.0313 e. The summed E-state index contributed by atoms with van der Waals surface area (Å²) in [5.41, 5.74) is 0. The first-order valence-corrected chi connectivity index (χ1v) is 10.7. The average molecular weight is 379 g/mol. The van der Waals surface area contributed by atoms with Crippen molar-refractivity contribution in [3.63, 3.8) is 0 Å². The van der Waals surface area contributed by atoms with Crippen LogP contribution in [-0.2, 0) is 0 Å². The van der Waals surface area contributed by atoms with Gasteiger partial charge in [-0.1, -0.05) is 89.8 Å². The lowest BCUT2D eigenvalue weighted by atomic mass is 10.1. The maximum absolute atomic E-state index is 3.80. The molecule has 0 aromatic rings. The van der Waals surface area contributed by atoms with Gasteiger partial charge in [-0.25, -0.2) is 0 Å². The highest BCUT2D eigenvalue weighted by atomic mass is 15.2. The Morgan fingerprint density at radius 3 is 1.74 bits per heavy atom. The van der Waals surface area contributed by atoms with Crippen molar-refractivity contribution in [3.8, 4) is 0 Å². The molecule has 27 heavy (non-hydrogen) atoms. The molecule has 1 rings (SSSR count). The van der Waals surface area contributed by atoms with Gasteiger partial charge in [0.15, 0.2) is 0 Å². The van der Waals surface area contributed by atoms with E-state index >= 15 is 0 Å². The normalized spacial score (nSPS) is 14.5. The van der Waals surface area contributed by atoms with Gasteiger partial charge >= 0.3 is 0 Å². The van der Waals surface area contributed by atoms with Gasteiger partial charge < -0.3 is 5.32 Å². The number of rotatable bonds is 6. The van der Waals surface area contributed by atoms with Crippen LogP contribution in [0.2, 0.25) is 0 Å². The molecule has 160 valence electrons. The molecule has 0 saturated carbocycles. The first kappa shape index (κ1) is 33.2. The molecule has 1 unspecified atom stereocenters. The lowest BCUT2D eigenvalue weighted by Gasteiger charge is -2.32. The highest BCUT2D eigenvalue weighted by Gasteiger charge is 2.16. The molecule has 0 aliphatic carbocycles. The number of nitrogens with one attached hydrogen (secondary N) is 1. The third-order valence-corrected chi connectivity index (χ3v) is 3.24. The maximum atomic E-state index is 3.80. The van der Waals surface area contributed by atoms with Crippen molar-refractivity contribution in [1.29, 1.82) is 0 Å². The van der Waals surface area contributed by atoms with Crippen molar-refractivity contribution < 1.29 is 0 Å². The van der Waals surface area contributed by atoms with Gasteiger partial charge in [0, 0.05) is 32.2 Å². The van der Waals surface area contributed by atoms with E-state index in [0.717, 1.165) is 39.0 Å². The summed E-state index contributed by atoms with van der Waals surface area (Å²) in [7, 11) is 0. The van der Waals surface area contributed by atoms with E-state index in [1.807, 2.05) is 59.8 Å². The average Bonchev–Trinajstić information content (AvgIpc) is 2.74. The summed E-state index contributed by atoms with van der Waals surface area (Å²) in [4.78, 5) is 2.51. The van der Waals surface area contributed by atoms with Crippen molar-refractivity contribution in [2.45, 2.75) is 74.3 Å². The van der Waals surface area contributed by atoms with Gasteiger partial charge in [-0.3, -0.25) is 4.90 Å². The van der Waals surface area contributed by atoms with Crippen molar-refractivity contribution in [2.75, 3.05) is 26.2 Å². The van der Waals surface area contributed by atoms with Gasteiger partial charge in [0.1, 0.15) is 0 Å². The Bertz CT molecular complexity index is 334. The van der Waals surface area contributed by atoms with Crippen LogP contribution in [-0.4, -0.2) is 37.1 Å². The predicted octanol–water partition coefficient (Wildman–Crippen LogP) is 7.19. The van der Waals surface area contributed by atoms with Crippen LogP contribution < -0.4 is 5.32 Å². The molecule has 1 aliphatic heterocycles. The molecular weight excluding hydrogens is 328 g/mol. The second-order valence-corrected chi connectivity index (χ2v) is 5.14. The van der Waals surface area contributed by atoms with E-state index in [0.29, 0.717) is 6.04 Å². The van der Waals surface area contributed by atoms with Gasteiger partial charge in [0.05, 0.1) is 0 Å². The zero-order valence-corrected chi connectivity index (χ0v) is 19.8. The fourth-order valence-corrected chi connectivity index (χ4v) is 2.13. The highest BCUT2D eigenvalue weighted by Crippen LogP contribution is 2.07. The van der Waals surface area contributed by atoms with Gasteiger partial charge in [-0.15, -0.1) is 6.58 Å². The van der Waals surface area contributed by atoms with Crippen LogP contribution in [0.4, 0.5) is 0 Å². The number of nitrogens with zero attached hydrogens (tertiary/aromatic N) is 1. The van der Waals surface area contributed by atoms with Gasteiger partial charge in [-0.05, 0) is 33.6 Å². The molecule has 0 amide bonds. The highest BCUT2D eigenvalue weighted by molar-refractivity contribution is 4.97. The van der Waals surface area contributed by atoms with Crippen LogP contribution in [0, 0.1) is 0 Å². The van der Waals surface area contributed by atoms with Crippen LogP contribution in [0.5, 0.6) is 0 Å². The molecule has 0 spiro atoms. The number of hydrogen-bond donors (Lipinski definition) is 1. The molecular formula is C25H50N2. The molecule has 1 fully saturated rings.